The number of benzene rings is 1. The normalized spacial score (nSPS) is 12.2. The summed E-state index contributed by atoms with van der Waals surface area (Å²) >= 11 is 5.78. The van der Waals surface area contributed by atoms with E-state index in [4.69, 9.17) is 26.6 Å². The molecule has 0 bridgehead atoms. The Morgan fingerprint density at radius 2 is 2.20 bits per heavy atom. The number of ether oxygens (including phenoxy) is 1. The Hall–Kier alpha value is -1.26. The highest BCUT2D eigenvalue weighted by atomic mass is 35.5. The SMILES string of the molecule is COc1cc(Cl)cc([C@@H](CO)C(=O)O)c1. The van der Waals surface area contributed by atoms with E-state index in [1.807, 2.05) is 0 Å². The monoisotopic (exact) mass is 230 g/mol. The van der Waals surface area contributed by atoms with Crippen LogP contribution in [0.4, 0.5) is 0 Å². The molecule has 0 spiro atoms. The number of carboxylic acids is 1. The molecule has 0 saturated heterocycles. The second kappa shape index (κ2) is 5.00. The maximum Gasteiger partial charge on any atom is 0.313 e. The fourth-order valence-corrected chi connectivity index (χ4v) is 1.46. The first-order chi connectivity index (χ1) is 7.08. The average Bonchev–Trinajstić information content (AvgIpc) is 2.17. The molecule has 0 aliphatic rings. The molecule has 1 aromatic carbocycles. The van der Waals surface area contributed by atoms with E-state index >= 15 is 0 Å². The Morgan fingerprint density at radius 1 is 1.53 bits per heavy atom. The molecule has 1 aromatic rings. The molecule has 0 saturated carbocycles. The standard InChI is InChI=1S/C10H11ClO4/c1-15-8-3-6(2-7(11)4-8)9(5-12)10(13)14/h2-4,9,12H,5H2,1H3,(H,13,14)/t9-/m1/s1. The molecule has 0 aromatic heterocycles. The lowest BCUT2D eigenvalue weighted by Gasteiger charge is -2.11. The quantitative estimate of drug-likeness (QED) is 0.823. The van der Waals surface area contributed by atoms with E-state index in [1.54, 1.807) is 12.1 Å². The molecule has 0 aliphatic carbocycles. The van der Waals surface area contributed by atoms with Crippen molar-refractivity contribution in [3.05, 3.63) is 28.8 Å². The van der Waals surface area contributed by atoms with Crippen molar-refractivity contribution >= 4 is 17.6 Å². The van der Waals surface area contributed by atoms with Gasteiger partial charge in [-0.3, -0.25) is 4.79 Å². The Balaban J connectivity index is 3.11. The van der Waals surface area contributed by atoms with Gasteiger partial charge in [0.25, 0.3) is 0 Å². The number of carbonyl (C=O) groups is 1. The van der Waals surface area contributed by atoms with Crippen LogP contribution in [0.1, 0.15) is 11.5 Å². The van der Waals surface area contributed by atoms with Crippen LogP contribution in [-0.2, 0) is 4.79 Å². The summed E-state index contributed by atoms with van der Waals surface area (Å²) in [7, 11) is 1.46. The first-order valence-electron chi connectivity index (χ1n) is 4.26. The van der Waals surface area contributed by atoms with Gasteiger partial charge in [0, 0.05) is 5.02 Å². The lowest BCUT2D eigenvalue weighted by Crippen LogP contribution is -2.15. The minimum Gasteiger partial charge on any atom is -0.497 e. The highest BCUT2D eigenvalue weighted by Gasteiger charge is 2.19. The Labute approximate surface area is 92.1 Å². The number of aliphatic carboxylic acids is 1. The maximum absolute atomic E-state index is 10.8. The van der Waals surface area contributed by atoms with Crippen LogP contribution in [0.2, 0.25) is 5.02 Å². The van der Waals surface area contributed by atoms with Gasteiger partial charge in [0.15, 0.2) is 0 Å². The van der Waals surface area contributed by atoms with Crippen LogP contribution in [0.25, 0.3) is 0 Å². The van der Waals surface area contributed by atoms with E-state index in [2.05, 4.69) is 0 Å². The number of halogens is 1. The van der Waals surface area contributed by atoms with Crippen LogP contribution in [0, 0.1) is 0 Å². The first-order valence-corrected chi connectivity index (χ1v) is 4.64. The zero-order valence-electron chi connectivity index (χ0n) is 8.11. The van der Waals surface area contributed by atoms with Gasteiger partial charge in [0.2, 0.25) is 0 Å². The second-order valence-electron chi connectivity index (χ2n) is 3.00. The molecular weight excluding hydrogens is 220 g/mol. The van der Waals surface area contributed by atoms with Crippen LogP contribution < -0.4 is 4.74 Å². The van der Waals surface area contributed by atoms with Crippen LogP contribution in [-0.4, -0.2) is 29.9 Å². The van der Waals surface area contributed by atoms with E-state index in [1.165, 1.54) is 13.2 Å². The molecule has 4 nitrogen and oxygen atoms in total. The fraction of sp³-hybridized carbons (Fsp3) is 0.300. The van der Waals surface area contributed by atoms with Crippen LogP contribution in [0.15, 0.2) is 18.2 Å². The van der Waals surface area contributed by atoms with Crippen LogP contribution >= 0.6 is 11.6 Å². The van der Waals surface area contributed by atoms with Crippen molar-refractivity contribution in [1.82, 2.24) is 0 Å². The number of rotatable bonds is 4. The van der Waals surface area contributed by atoms with Gasteiger partial charge >= 0.3 is 5.97 Å². The third-order valence-corrected chi connectivity index (χ3v) is 2.23. The summed E-state index contributed by atoms with van der Waals surface area (Å²) in [6.07, 6.45) is 0. The highest BCUT2D eigenvalue weighted by molar-refractivity contribution is 6.30. The third kappa shape index (κ3) is 2.84. The van der Waals surface area contributed by atoms with Crippen LogP contribution in [0.5, 0.6) is 5.75 Å². The van der Waals surface area contributed by atoms with E-state index in [0.717, 1.165) is 0 Å². The Morgan fingerprint density at radius 3 is 2.67 bits per heavy atom. The summed E-state index contributed by atoms with van der Waals surface area (Å²) in [5.41, 5.74) is 0.425. The molecule has 0 unspecified atom stereocenters. The zero-order valence-corrected chi connectivity index (χ0v) is 8.86. The number of hydrogen-bond donors (Lipinski definition) is 2. The first kappa shape index (κ1) is 11.8. The predicted octanol–water partition coefficient (Wildman–Crippen LogP) is 1.51. The van der Waals surface area contributed by atoms with Gasteiger partial charge in [-0.1, -0.05) is 11.6 Å². The molecular formula is C10H11ClO4. The molecule has 0 radical (unpaired) electrons. The minimum absolute atomic E-state index is 0.379. The van der Waals surface area contributed by atoms with Crippen molar-refractivity contribution in [2.45, 2.75) is 5.92 Å². The smallest absolute Gasteiger partial charge is 0.313 e. The van der Waals surface area contributed by atoms with Gasteiger partial charge in [0.05, 0.1) is 13.7 Å². The molecule has 0 amide bonds. The number of aliphatic hydroxyl groups excluding tert-OH is 1. The summed E-state index contributed by atoms with van der Waals surface area (Å²) in [6.45, 7) is -0.473. The largest absolute Gasteiger partial charge is 0.497 e. The molecule has 0 heterocycles. The highest BCUT2D eigenvalue weighted by Crippen LogP contribution is 2.26. The van der Waals surface area contributed by atoms with Crippen molar-refractivity contribution in [1.29, 1.82) is 0 Å². The summed E-state index contributed by atoms with van der Waals surface area (Å²) in [5, 5.41) is 18.2. The number of methoxy groups -OCH3 is 1. The topological polar surface area (TPSA) is 66.8 Å². The summed E-state index contributed by atoms with van der Waals surface area (Å²) in [6, 6.07) is 4.61. The van der Waals surface area contributed by atoms with E-state index in [-0.39, 0.29) is 0 Å². The molecule has 0 fully saturated rings. The van der Waals surface area contributed by atoms with E-state index in [0.29, 0.717) is 16.3 Å². The zero-order chi connectivity index (χ0) is 11.4. The van der Waals surface area contributed by atoms with Crippen molar-refractivity contribution in [3.63, 3.8) is 0 Å². The van der Waals surface area contributed by atoms with Gasteiger partial charge in [-0.05, 0) is 23.8 Å². The summed E-state index contributed by atoms with van der Waals surface area (Å²) in [4.78, 5) is 10.8. The van der Waals surface area contributed by atoms with Crippen molar-refractivity contribution in [2.24, 2.45) is 0 Å². The molecule has 5 heteroatoms. The fourth-order valence-electron chi connectivity index (χ4n) is 1.23. The van der Waals surface area contributed by atoms with Crippen molar-refractivity contribution in [3.8, 4) is 5.75 Å². The van der Waals surface area contributed by atoms with Gasteiger partial charge < -0.3 is 14.9 Å². The van der Waals surface area contributed by atoms with Gasteiger partial charge in [-0.25, -0.2) is 0 Å². The van der Waals surface area contributed by atoms with Crippen LogP contribution in [0.3, 0.4) is 0 Å². The predicted molar refractivity (Wildman–Crippen MR) is 55.5 cm³/mol. The number of carboxylic acid groups (broad SMARTS) is 1. The Kier molecular flexibility index (Phi) is 3.94. The molecule has 0 aliphatic heterocycles. The lowest BCUT2D eigenvalue weighted by atomic mass is 10.00. The van der Waals surface area contributed by atoms with Gasteiger partial charge in [-0.2, -0.15) is 0 Å². The maximum atomic E-state index is 10.8. The van der Waals surface area contributed by atoms with Gasteiger partial charge in [0.1, 0.15) is 11.7 Å². The van der Waals surface area contributed by atoms with Crippen molar-refractivity contribution < 1.29 is 19.7 Å². The summed E-state index contributed by atoms with van der Waals surface area (Å²) in [5.74, 6) is -1.60. The Bertz CT molecular complexity index is 364. The third-order valence-electron chi connectivity index (χ3n) is 2.01. The van der Waals surface area contributed by atoms with Crippen molar-refractivity contribution in [2.75, 3.05) is 13.7 Å². The number of hydrogen-bond acceptors (Lipinski definition) is 3. The van der Waals surface area contributed by atoms with E-state index < -0.39 is 18.5 Å². The molecule has 15 heavy (non-hydrogen) atoms. The molecule has 1 atom stereocenters. The summed E-state index contributed by atoms with van der Waals surface area (Å²) < 4.78 is 4.95. The van der Waals surface area contributed by atoms with Gasteiger partial charge in [-0.15, -0.1) is 0 Å². The molecule has 1 rings (SSSR count). The average molecular weight is 231 g/mol. The number of aliphatic hydroxyl groups is 1. The molecule has 2 N–H and O–H groups in total. The second-order valence-corrected chi connectivity index (χ2v) is 3.43. The van der Waals surface area contributed by atoms with E-state index in [9.17, 15) is 4.79 Å². The minimum atomic E-state index is -1.10. The lowest BCUT2D eigenvalue weighted by molar-refractivity contribution is -0.139. The molecule has 82 valence electrons.